The van der Waals surface area contributed by atoms with Gasteiger partial charge in [0.15, 0.2) is 5.92 Å². The van der Waals surface area contributed by atoms with Crippen LogP contribution in [0, 0.1) is 5.92 Å². The topological polar surface area (TPSA) is 47.3 Å². The Bertz CT molecular complexity index is 203. The van der Waals surface area contributed by atoms with Crippen LogP contribution in [0.5, 0.6) is 0 Å². The van der Waals surface area contributed by atoms with E-state index >= 15 is 0 Å². The SMILES string of the molecule is COCCCC(NN)C(C(F)(F)F)C(F)(F)F. The van der Waals surface area contributed by atoms with Gasteiger partial charge in [-0.1, -0.05) is 0 Å². The fourth-order valence-electron chi connectivity index (χ4n) is 1.44. The predicted molar refractivity (Wildman–Crippen MR) is 47.8 cm³/mol. The number of nitrogens with one attached hydrogen (secondary N) is 1. The van der Waals surface area contributed by atoms with Gasteiger partial charge in [0, 0.05) is 19.8 Å². The lowest BCUT2D eigenvalue weighted by atomic mass is 9.95. The number of halogens is 6. The van der Waals surface area contributed by atoms with Crippen molar-refractivity contribution in [2.45, 2.75) is 31.2 Å². The van der Waals surface area contributed by atoms with E-state index in [2.05, 4.69) is 4.74 Å². The maximum absolute atomic E-state index is 12.3. The van der Waals surface area contributed by atoms with Crippen molar-refractivity contribution >= 4 is 0 Å². The van der Waals surface area contributed by atoms with Crippen molar-refractivity contribution in [3.8, 4) is 0 Å². The zero-order valence-electron chi connectivity index (χ0n) is 9.03. The molecule has 3 nitrogen and oxygen atoms in total. The minimum Gasteiger partial charge on any atom is -0.385 e. The first-order chi connectivity index (χ1) is 7.64. The van der Waals surface area contributed by atoms with E-state index in [4.69, 9.17) is 5.84 Å². The van der Waals surface area contributed by atoms with Crippen molar-refractivity contribution in [3.05, 3.63) is 0 Å². The van der Waals surface area contributed by atoms with Crippen LogP contribution in [0.3, 0.4) is 0 Å². The lowest BCUT2D eigenvalue weighted by molar-refractivity contribution is -0.292. The molecule has 0 aliphatic heterocycles. The van der Waals surface area contributed by atoms with Crippen LogP contribution in [0.1, 0.15) is 12.8 Å². The first kappa shape index (κ1) is 16.5. The average Bonchev–Trinajstić information content (AvgIpc) is 2.12. The number of nitrogens with two attached hydrogens (primary N) is 1. The van der Waals surface area contributed by atoms with Gasteiger partial charge in [-0.3, -0.25) is 11.3 Å². The summed E-state index contributed by atoms with van der Waals surface area (Å²) in [6, 6.07) is -1.91. The Labute approximate surface area is 94.3 Å². The molecule has 0 fully saturated rings. The molecule has 0 aromatic rings. The zero-order chi connectivity index (χ0) is 13.7. The van der Waals surface area contributed by atoms with E-state index in [0.29, 0.717) is 0 Å². The Morgan fingerprint density at radius 1 is 1.12 bits per heavy atom. The van der Waals surface area contributed by atoms with Crippen molar-refractivity contribution in [3.63, 3.8) is 0 Å². The monoisotopic (exact) mass is 268 g/mol. The molecule has 0 aliphatic carbocycles. The second kappa shape index (κ2) is 6.41. The molecule has 0 rings (SSSR count). The largest absolute Gasteiger partial charge is 0.402 e. The molecule has 0 spiro atoms. The fraction of sp³-hybridized carbons (Fsp3) is 1.00. The number of hydrazine groups is 1. The van der Waals surface area contributed by atoms with Crippen molar-refractivity contribution in [2.24, 2.45) is 11.8 Å². The van der Waals surface area contributed by atoms with E-state index in [9.17, 15) is 26.3 Å². The lowest BCUT2D eigenvalue weighted by Crippen LogP contribution is -2.53. The Balaban J connectivity index is 4.75. The van der Waals surface area contributed by atoms with Crippen molar-refractivity contribution in [1.82, 2.24) is 5.43 Å². The van der Waals surface area contributed by atoms with Gasteiger partial charge in [0.2, 0.25) is 0 Å². The quantitative estimate of drug-likeness (QED) is 0.335. The Kier molecular flexibility index (Phi) is 6.20. The second-order valence-corrected chi connectivity index (χ2v) is 3.47. The van der Waals surface area contributed by atoms with Crippen LogP contribution in [-0.4, -0.2) is 32.1 Å². The maximum Gasteiger partial charge on any atom is 0.402 e. The van der Waals surface area contributed by atoms with Gasteiger partial charge < -0.3 is 4.74 Å². The highest BCUT2D eigenvalue weighted by Gasteiger charge is 2.59. The van der Waals surface area contributed by atoms with Gasteiger partial charge in [-0.15, -0.1) is 0 Å². The third-order valence-electron chi connectivity index (χ3n) is 2.19. The molecule has 0 radical (unpaired) electrons. The van der Waals surface area contributed by atoms with Gasteiger partial charge in [-0.25, -0.2) is 0 Å². The van der Waals surface area contributed by atoms with Gasteiger partial charge in [-0.05, 0) is 12.8 Å². The molecule has 0 heterocycles. The van der Waals surface area contributed by atoms with E-state index in [1.807, 2.05) is 0 Å². The number of rotatable bonds is 6. The molecule has 0 aromatic heterocycles. The summed E-state index contributed by atoms with van der Waals surface area (Å²) in [4.78, 5) is 0. The van der Waals surface area contributed by atoms with Gasteiger partial charge in [0.25, 0.3) is 0 Å². The molecule has 0 aliphatic rings. The van der Waals surface area contributed by atoms with Gasteiger partial charge in [0.05, 0.1) is 0 Å². The summed E-state index contributed by atoms with van der Waals surface area (Å²) in [5, 5.41) is 0. The van der Waals surface area contributed by atoms with Crippen LogP contribution in [0.25, 0.3) is 0 Å². The summed E-state index contributed by atoms with van der Waals surface area (Å²) in [7, 11) is 1.30. The van der Waals surface area contributed by atoms with Crippen LogP contribution < -0.4 is 11.3 Å². The van der Waals surface area contributed by atoms with Crippen LogP contribution >= 0.6 is 0 Å². The maximum atomic E-state index is 12.3. The summed E-state index contributed by atoms with van der Waals surface area (Å²) in [5.74, 6) is 1.28. The molecule has 0 saturated carbocycles. The molecule has 0 bridgehead atoms. The predicted octanol–water partition coefficient (Wildman–Crippen LogP) is 1.99. The third-order valence-corrected chi connectivity index (χ3v) is 2.19. The van der Waals surface area contributed by atoms with Gasteiger partial charge in [-0.2, -0.15) is 26.3 Å². The van der Waals surface area contributed by atoms with E-state index in [-0.39, 0.29) is 19.4 Å². The highest BCUT2D eigenvalue weighted by atomic mass is 19.4. The minimum absolute atomic E-state index is 0.0496. The molecule has 17 heavy (non-hydrogen) atoms. The summed E-state index contributed by atoms with van der Waals surface area (Å²) < 4.78 is 78.4. The Hall–Kier alpha value is -0.540. The number of alkyl halides is 6. The van der Waals surface area contributed by atoms with E-state index in [1.54, 1.807) is 5.43 Å². The number of ether oxygens (including phenoxy) is 1. The number of methoxy groups -OCH3 is 1. The smallest absolute Gasteiger partial charge is 0.385 e. The van der Waals surface area contributed by atoms with Crippen LogP contribution in [0.15, 0.2) is 0 Å². The van der Waals surface area contributed by atoms with Crippen molar-refractivity contribution in [1.29, 1.82) is 0 Å². The zero-order valence-corrected chi connectivity index (χ0v) is 9.03. The summed E-state index contributed by atoms with van der Waals surface area (Å²) in [6.07, 6.45) is -11.1. The standard InChI is InChI=1S/C8H14F6N2O/c1-17-4-2-3-5(16-15)6(7(9,10)11)8(12,13)14/h5-6,16H,2-4,15H2,1H3. The molecule has 1 atom stereocenters. The molecule has 3 N–H and O–H groups in total. The highest BCUT2D eigenvalue weighted by Crippen LogP contribution is 2.42. The normalized spacial score (nSPS) is 15.4. The first-order valence-corrected chi connectivity index (χ1v) is 4.73. The molecule has 0 amide bonds. The number of hydrogen-bond donors (Lipinski definition) is 2. The van der Waals surface area contributed by atoms with Crippen LogP contribution in [0.4, 0.5) is 26.3 Å². The van der Waals surface area contributed by atoms with Gasteiger partial charge >= 0.3 is 12.4 Å². The molecule has 0 aromatic carbocycles. The molecule has 1 unspecified atom stereocenters. The highest BCUT2D eigenvalue weighted by molar-refractivity contribution is 4.85. The molecular weight excluding hydrogens is 254 g/mol. The average molecular weight is 268 g/mol. The molecule has 104 valence electrons. The second-order valence-electron chi connectivity index (χ2n) is 3.47. The van der Waals surface area contributed by atoms with E-state index < -0.39 is 24.3 Å². The Morgan fingerprint density at radius 3 is 1.88 bits per heavy atom. The third kappa shape index (κ3) is 5.55. The minimum atomic E-state index is -5.39. The number of hydrogen-bond acceptors (Lipinski definition) is 3. The summed E-state index contributed by atoms with van der Waals surface area (Å²) in [6.45, 7) is 0.0701. The van der Waals surface area contributed by atoms with Crippen molar-refractivity contribution in [2.75, 3.05) is 13.7 Å². The van der Waals surface area contributed by atoms with Crippen LogP contribution in [0.2, 0.25) is 0 Å². The Morgan fingerprint density at radius 2 is 1.59 bits per heavy atom. The van der Waals surface area contributed by atoms with Crippen LogP contribution in [-0.2, 0) is 4.74 Å². The fourth-order valence-corrected chi connectivity index (χ4v) is 1.44. The van der Waals surface area contributed by atoms with E-state index in [0.717, 1.165) is 0 Å². The molecular formula is C8H14F6N2O. The lowest BCUT2D eigenvalue weighted by Gasteiger charge is -2.30. The van der Waals surface area contributed by atoms with Crippen molar-refractivity contribution < 1.29 is 31.1 Å². The molecule has 9 heteroatoms. The summed E-state index contributed by atoms with van der Waals surface area (Å²) in [5.41, 5.74) is 1.58. The first-order valence-electron chi connectivity index (χ1n) is 4.73. The van der Waals surface area contributed by atoms with Gasteiger partial charge in [0.1, 0.15) is 0 Å². The van der Waals surface area contributed by atoms with E-state index in [1.165, 1.54) is 7.11 Å². The molecule has 0 saturated heterocycles. The summed E-state index contributed by atoms with van der Waals surface area (Å²) >= 11 is 0.